The number of aromatic nitrogens is 4. The standard InChI is InChI=1S/C20H26N6/c1-14-3-8-19-18(11-14)20(23-13-22-19)25-16-6-4-15(5-7-16)21-12-17-9-10-24-26(17)2/h3,8-11,13,15-16,21H,4-7,12H2,1-2H3,(H,22,23,25). The second kappa shape index (κ2) is 7.41. The van der Waals surface area contributed by atoms with E-state index >= 15 is 0 Å². The molecule has 0 amide bonds. The van der Waals surface area contributed by atoms with Gasteiger partial charge in [0.15, 0.2) is 0 Å². The molecular formula is C20H26N6. The predicted octanol–water partition coefficient (Wildman–Crippen LogP) is 3.18. The normalized spacial score (nSPS) is 20.4. The summed E-state index contributed by atoms with van der Waals surface area (Å²) < 4.78 is 1.93. The Labute approximate surface area is 154 Å². The zero-order valence-electron chi connectivity index (χ0n) is 15.4. The molecule has 2 aromatic heterocycles. The fourth-order valence-corrected chi connectivity index (χ4v) is 3.74. The van der Waals surface area contributed by atoms with Crippen molar-refractivity contribution in [2.75, 3.05) is 5.32 Å². The molecule has 3 aromatic rings. The minimum atomic E-state index is 0.475. The molecule has 0 aliphatic heterocycles. The second-order valence-electron chi connectivity index (χ2n) is 7.26. The highest BCUT2D eigenvalue weighted by Crippen LogP contribution is 2.26. The van der Waals surface area contributed by atoms with Gasteiger partial charge in [0, 0.05) is 37.3 Å². The van der Waals surface area contributed by atoms with E-state index in [1.807, 2.05) is 17.9 Å². The Bertz CT molecular complexity index is 879. The van der Waals surface area contributed by atoms with Crippen LogP contribution in [0.1, 0.15) is 36.9 Å². The van der Waals surface area contributed by atoms with Crippen molar-refractivity contribution < 1.29 is 0 Å². The highest BCUT2D eigenvalue weighted by atomic mass is 15.3. The lowest BCUT2D eigenvalue weighted by Gasteiger charge is -2.30. The average molecular weight is 350 g/mol. The van der Waals surface area contributed by atoms with E-state index in [1.165, 1.54) is 24.1 Å². The average Bonchev–Trinajstić information content (AvgIpc) is 3.06. The Hall–Kier alpha value is -2.47. The molecule has 136 valence electrons. The van der Waals surface area contributed by atoms with Crippen LogP contribution in [0, 0.1) is 6.92 Å². The number of nitrogens with zero attached hydrogens (tertiary/aromatic N) is 4. The Morgan fingerprint density at radius 1 is 1.08 bits per heavy atom. The van der Waals surface area contributed by atoms with E-state index in [0.29, 0.717) is 12.1 Å². The number of nitrogens with one attached hydrogen (secondary N) is 2. The molecule has 1 aromatic carbocycles. The van der Waals surface area contributed by atoms with Crippen LogP contribution in [0.25, 0.3) is 10.9 Å². The number of aryl methyl sites for hydroxylation is 2. The highest BCUT2D eigenvalue weighted by Gasteiger charge is 2.21. The summed E-state index contributed by atoms with van der Waals surface area (Å²) >= 11 is 0. The van der Waals surface area contributed by atoms with E-state index in [-0.39, 0.29) is 0 Å². The van der Waals surface area contributed by atoms with Crippen molar-refractivity contribution in [1.82, 2.24) is 25.1 Å². The quantitative estimate of drug-likeness (QED) is 0.740. The number of hydrogen-bond acceptors (Lipinski definition) is 5. The lowest BCUT2D eigenvalue weighted by Crippen LogP contribution is -2.37. The molecule has 2 heterocycles. The van der Waals surface area contributed by atoms with Gasteiger partial charge in [0.2, 0.25) is 0 Å². The fourth-order valence-electron chi connectivity index (χ4n) is 3.74. The largest absolute Gasteiger partial charge is 0.367 e. The fraction of sp³-hybridized carbons (Fsp3) is 0.450. The summed E-state index contributed by atoms with van der Waals surface area (Å²) in [6.45, 7) is 2.99. The van der Waals surface area contributed by atoms with Crippen LogP contribution < -0.4 is 10.6 Å². The second-order valence-corrected chi connectivity index (χ2v) is 7.26. The summed E-state index contributed by atoms with van der Waals surface area (Å²) in [7, 11) is 1.99. The van der Waals surface area contributed by atoms with Crippen molar-refractivity contribution >= 4 is 16.7 Å². The van der Waals surface area contributed by atoms with Crippen molar-refractivity contribution in [2.24, 2.45) is 7.05 Å². The maximum absolute atomic E-state index is 4.49. The molecule has 1 saturated carbocycles. The lowest BCUT2D eigenvalue weighted by atomic mass is 9.91. The minimum absolute atomic E-state index is 0.475. The van der Waals surface area contributed by atoms with Crippen molar-refractivity contribution in [3.8, 4) is 0 Å². The van der Waals surface area contributed by atoms with Gasteiger partial charge in [-0.05, 0) is 50.8 Å². The maximum Gasteiger partial charge on any atom is 0.137 e. The Morgan fingerprint density at radius 2 is 1.88 bits per heavy atom. The van der Waals surface area contributed by atoms with E-state index < -0.39 is 0 Å². The maximum atomic E-state index is 4.49. The van der Waals surface area contributed by atoms with Gasteiger partial charge in [-0.1, -0.05) is 11.6 Å². The zero-order chi connectivity index (χ0) is 17.9. The lowest BCUT2D eigenvalue weighted by molar-refractivity contribution is 0.349. The van der Waals surface area contributed by atoms with Crippen LogP contribution in [0.5, 0.6) is 0 Å². The van der Waals surface area contributed by atoms with Gasteiger partial charge in [-0.15, -0.1) is 0 Å². The minimum Gasteiger partial charge on any atom is -0.367 e. The molecule has 26 heavy (non-hydrogen) atoms. The van der Waals surface area contributed by atoms with Crippen molar-refractivity contribution in [3.05, 3.63) is 48.0 Å². The first-order valence-electron chi connectivity index (χ1n) is 9.37. The molecule has 0 bridgehead atoms. The van der Waals surface area contributed by atoms with Crippen molar-refractivity contribution in [2.45, 2.75) is 51.2 Å². The molecule has 4 rings (SSSR count). The van der Waals surface area contributed by atoms with E-state index in [0.717, 1.165) is 36.1 Å². The summed E-state index contributed by atoms with van der Waals surface area (Å²) in [4.78, 5) is 8.87. The van der Waals surface area contributed by atoms with E-state index in [2.05, 4.69) is 56.9 Å². The van der Waals surface area contributed by atoms with E-state index in [1.54, 1.807) is 6.33 Å². The summed E-state index contributed by atoms with van der Waals surface area (Å²) in [6, 6.07) is 9.45. The third-order valence-electron chi connectivity index (χ3n) is 5.35. The van der Waals surface area contributed by atoms with Crippen LogP contribution in [-0.4, -0.2) is 31.8 Å². The topological polar surface area (TPSA) is 67.7 Å². The van der Waals surface area contributed by atoms with Crippen LogP contribution in [-0.2, 0) is 13.6 Å². The molecule has 0 atom stereocenters. The van der Waals surface area contributed by atoms with Gasteiger partial charge in [-0.25, -0.2) is 9.97 Å². The van der Waals surface area contributed by atoms with Crippen LogP contribution in [0.2, 0.25) is 0 Å². The molecule has 6 nitrogen and oxygen atoms in total. The summed E-state index contributed by atoms with van der Waals surface area (Å²) in [5.74, 6) is 0.963. The Balaban J connectivity index is 1.34. The first-order chi connectivity index (χ1) is 12.7. The monoisotopic (exact) mass is 350 g/mol. The molecule has 0 spiro atoms. The molecule has 1 aliphatic carbocycles. The van der Waals surface area contributed by atoms with E-state index in [4.69, 9.17) is 0 Å². The smallest absolute Gasteiger partial charge is 0.137 e. The van der Waals surface area contributed by atoms with Gasteiger partial charge in [0.05, 0.1) is 11.2 Å². The van der Waals surface area contributed by atoms with Gasteiger partial charge in [0.1, 0.15) is 12.1 Å². The van der Waals surface area contributed by atoms with Crippen LogP contribution in [0.3, 0.4) is 0 Å². The molecular weight excluding hydrogens is 324 g/mol. The summed E-state index contributed by atoms with van der Waals surface area (Å²) in [6.07, 6.45) is 8.17. The number of hydrogen-bond donors (Lipinski definition) is 2. The van der Waals surface area contributed by atoms with Gasteiger partial charge in [-0.2, -0.15) is 5.10 Å². The first-order valence-corrected chi connectivity index (χ1v) is 9.37. The van der Waals surface area contributed by atoms with Crippen LogP contribution in [0.4, 0.5) is 5.82 Å². The molecule has 0 radical (unpaired) electrons. The molecule has 1 aliphatic rings. The van der Waals surface area contributed by atoms with Gasteiger partial charge in [0.25, 0.3) is 0 Å². The number of rotatable bonds is 5. The van der Waals surface area contributed by atoms with Gasteiger partial charge >= 0.3 is 0 Å². The molecule has 1 fully saturated rings. The zero-order valence-corrected chi connectivity index (χ0v) is 15.4. The summed E-state index contributed by atoms with van der Waals surface area (Å²) in [5, 5.41) is 12.7. The predicted molar refractivity (Wildman–Crippen MR) is 104 cm³/mol. The van der Waals surface area contributed by atoms with Crippen LogP contribution in [0.15, 0.2) is 36.8 Å². The molecule has 2 N–H and O–H groups in total. The number of anilines is 1. The summed E-state index contributed by atoms with van der Waals surface area (Å²) in [5.41, 5.74) is 3.46. The molecule has 0 unspecified atom stereocenters. The van der Waals surface area contributed by atoms with Crippen molar-refractivity contribution in [3.63, 3.8) is 0 Å². The highest BCUT2D eigenvalue weighted by molar-refractivity contribution is 5.89. The third kappa shape index (κ3) is 3.70. The van der Waals surface area contributed by atoms with Crippen molar-refractivity contribution in [1.29, 1.82) is 0 Å². The number of fused-ring (bicyclic) bond motifs is 1. The van der Waals surface area contributed by atoms with Gasteiger partial charge < -0.3 is 10.6 Å². The number of benzene rings is 1. The van der Waals surface area contributed by atoms with Crippen LogP contribution >= 0.6 is 0 Å². The Morgan fingerprint density at radius 3 is 2.65 bits per heavy atom. The first kappa shape index (κ1) is 17.0. The SMILES string of the molecule is Cc1ccc2ncnc(NC3CCC(NCc4ccnn4C)CC3)c2c1. The molecule has 0 saturated heterocycles. The van der Waals surface area contributed by atoms with Gasteiger partial charge in [-0.3, -0.25) is 4.68 Å². The molecule has 6 heteroatoms. The van der Waals surface area contributed by atoms with E-state index in [9.17, 15) is 0 Å². The third-order valence-corrected chi connectivity index (χ3v) is 5.35. The Kier molecular flexibility index (Phi) is 4.84.